The van der Waals surface area contributed by atoms with Gasteiger partial charge in [0.2, 0.25) is 5.88 Å². The number of rotatable bonds is 5. The van der Waals surface area contributed by atoms with Crippen molar-refractivity contribution in [2.75, 3.05) is 38.3 Å². The molecule has 1 aliphatic rings. The molecule has 1 fully saturated rings. The molecule has 2 heterocycles. The Hall–Kier alpha value is -1.33. The molecule has 2 rings (SSSR count). The summed E-state index contributed by atoms with van der Waals surface area (Å²) in [4.78, 5) is 6.42. The minimum absolute atomic E-state index is 0.0990. The van der Waals surface area contributed by atoms with Gasteiger partial charge in [0.1, 0.15) is 0 Å². The topological polar surface area (TPSA) is 54.8 Å². The molecular weight excluding hydrogens is 232 g/mol. The predicted octanol–water partition coefficient (Wildman–Crippen LogP) is 1.07. The van der Waals surface area contributed by atoms with E-state index in [4.69, 9.17) is 14.6 Å². The van der Waals surface area contributed by atoms with E-state index in [9.17, 15) is 0 Å². The summed E-state index contributed by atoms with van der Waals surface area (Å²) in [7, 11) is 1.63. The molecule has 0 aromatic carbocycles. The summed E-state index contributed by atoms with van der Waals surface area (Å²) in [6, 6.07) is 3.95. The van der Waals surface area contributed by atoms with E-state index < -0.39 is 0 Å². The Kier molecular flexibility index (Phi) is 4.78. The highest BCUT2D eigenvalue weighted by Crippen LogP contribution is 2.23. The van der Waals surface area contributed by atoms with E-state index in [2.05, 4.69) is 9.88 Å². The number of nitrogens with zero attached hydrogens (tertiary/aromatic N) is 2. The maximum absolute atomic E-state index is 8.73. The highest BCUT2D eigenvalue weighted by Gasteiger charge is 2.20. The van der Waals surface area contributed by atoms with Crippen LogP contribution in [0.5, 0.6) is 5.88 Å². The second kappa shape index (κ2) is 6.56. The minimum atomic E-state index is 0.0990. The first-order valence-electron chi connectivity index (χ1n) is 6.31. The molecule has 0 aliphatic carbocycles. The van der Waals surface area contributed by atoms with Gasteiger partial charge in [-0.15, -0.1) is 0 Å². The Balaban J connectivity index is 1.88. The quantitative estimate of drug-likeness (QED) is 0.849. The van der Waals surface area contributed by atoms with E-state index >= 15 is 0 Å². The number of methoxy groups -OCH3 is 1. The van der Waals surface area contributed by atoms with Crippen LogP contribution in [0.25, 0.3) is 0 Å². The van der Waals surface area contributed by atoms with Gasteiger partial charge in [0.15, 0.2) is 0 Å². The monoisotopic (exact) mass is 252 g/mol. The smallest absolute Gasteiger partial charge is 0.214 e. The Morgan fingerprint density at radius 3 is 2.89 bits per heavy atom. The molecular formula is C13H20N2O3. The first kappa shape index (κ1) is 13.1. The fourth-order valence-corrected chi connectivity index (χ4v) is 2.21. The molecule has 18 heavy (non-hydrogen) atoms. The van der Waals surface area contributed by atoms with Gasteiger partial charge in [0.25, 0.3) is 0 Å². The van der Waals surface area contributed by atoms with Crippen molar-refractivity contribution in [3.05, 3.63) is 18.3 Å². The van der Waals surface area contributed by atoms with Crippen LogP contribution in [-0.4, -0.2) is 49.6 Å². The minimum Gasteiger partial charge on any atom is -0.481 e. The molecule has 0 amide bonds. The average Bonchev–Trinajstić information content (AvgIpc) is 2.46. The predicted molar refractivity (Wildman–Crippen MR) is 69.1 cm³/mol. The zero-order chi connectivity index (χ0) is 12.8. The number of pyridine rings is 1. The Labute approximate surface area is 107 Å². The van der Waals surface area contributed by atoms with Crippen LogP contribution in [-0.2, 0) is 4.74 Å². The van der Waals surface area contributed by atoms with Crippen molar-refractivity contribution in [3.63, 3.8) is 0 Å². The highest BCUT2D eigenvalue weighted by molar-refractivity contribution is 5.48. The lowest BCUT2D eigenvalue weighted by Crippen LogP contribution is -2.37. The standard InChI is InChI=1S/C13H20N2O3/c1-17-13-10-11(2-5-14-13)15-6-3-12(4-7-15)18-9-8-16/h2,5,10,12,16H,3-4,6-9H2,1H3. The lowest BCUT2D eigenvalue weighted by atomic mass is 10.1. The fraction of sp³-hybridized carbons (Fsp3) is 0.615. The van der Waals surface area contributed by atoms with Crippen LogP contribution in [0.4, 0.5) is 5.69 Å². The van der Waals surface area contributed by atoms with Gasteiger partial charge < -0.3 is 19.5 Å². The van der Waals surface area contributed by atoms with Gasteiger partial charge >= 0.3 is 0 Å². The van der Waals surface area contributed by atoms with Gasteiger partial charge in [-0.3, -0.25) is 0 Å². The van der Waals surface area contributed by atoms with E-state index in [1.54, 1.807) is 13.3 Å². The lowest BCUT2D eigenvalue weighted by molar-refractivity contribution is 0.0159. The summed E-state index contributed by atoms with van der Waals surface area (Å²) in [6.07, 6.45) is 4.02. The van der Waals surface area contributed by atoms with Gasteiger partial charge in [-0.05, 0) is 18.9 Å². The number of anilines is 1. The summed E-state index contributed by atoms with van der Waals surface area (Å²) in [5.41, 5.74) is 1.14. The van der Waals surface area contributed by atoms with Gasteiger partial charge in [-0.25, -0.2) is 4.98 Å². The molecule has 0 bridgehead atoms. The average molecular weight is 252 g/mol. The summed E-state index contributed by atoms with van der Waals surface area (Å²) in [5.74, 6) is 0.645. The van der Waals surface area contributed by atoms with E-state index in [0.29, 0.717) is 12.5 Å². The zero-order valence-electron chi connectivity index (χ0n) is 10.7. The third-order valence-electron chi connectivity index (χ3n) is 3.18. The van der Waals surface area contributed by atoms with E-state index in [1.807, 2.05) is 12.1 Å². The Morgan fingerprint density at radius 1 is 1.44 bits per heavy atom. The van der Waals surface area contributed by atoms with Crippen LogP contribution in [0, 0.1) is 0 Å². The number of aliphatic hydroxyl groups excluding tert-OH is 1. The third-order valence-corrected chi connectivity index (χ3v) is 3.18. The molecule has 5 heteroatoms. The largest absolute Gasteiger partial charge is 0.481 e. The van der Waals surface area contributed by atoms with Crippen molar-refractivity contribution < 1.29 is 14.6 Å². The number of aromatic nitrogens is 1. The van der Waals surface area contributed by atoms with Crippen molar-refractivity contribution in [3.8, 4) is 5.88 Å². The van der Waals surface area contributed by atoms with E-state index in [0.717, 1.165) is 31.6 Å². The zero-order valence-corrected chi connectivity index (χ0v) is 10.7. The molecule has 0 unspecified atom stereocenters. The van der Waals surface area contributed by atoms with Gasteiger partial charge in [0, 0.05) is 31.0 Å². The molecule has 1 aliphatic heterocycles. The maximum Gasteiger partial charge on any atom is 0.214 e. The van der Waals surface area contributed by atoms with Crippen molar-refractivity contribution in [1.29, 1.82) is 0 Å². The van der Waals surface area contributed by atoms with Crippen molar-refractivity contribution >= 4 is 5.69 Å². The van der Waals surface area contributed by atoms with Crippen molar-refractivity contribution in [2.45, 2.75) is 18.9 Å². The first-order valence-corrected chi connectivity index (χ1v) is 6.31. The van der Waals surface area contributed by atoms with Gasteiger partial charge in [0.05, 0.1) is 26.4 Å². The molecule has 1 saturated heterocycles. The normalized spacial score (nSPS) is 16.9. The Morgan fingerprint density at radius 2 is 2.22 bits per heavy atom. The first-order chi connectivity index (χ1) is 8.83. The van der Waals surface area contributed by atoms with Crippen LogP contribution in [0.1, 0.15) is 12.8 Å². The second-order valence-electron chi connectivity index (χ2n) is 4.34. The molecule has 0 spiro atoms. The molecule has 100 valence electrons. The van der Waals surface area contributed by atoms with E-state index in [-0.39, 0.29) is 12.7 Å². The van der Waals surface area contributed by atoms with Crippen molar-refractivity contribution in [2.24, 2.45) is 0 Å². The number of piperidine rings is 1. The number of hydrogen-bond acceptors (Lipinski definition) is 5. The molecule has 5 nitrogen and oxygen atoms in total. The summed E-state index contributed by atoms with van der Waals surface area (Å²) < 4.78 is 10.7. The highest BCUT2D eigenvalue weighted by atomic mass is 16.5. The van der Waals surface area contributed by atoms with Crippen LogP contribution < -0.4 is 9.64 Å². The second-order valence-corrected chi connectivity index (χ2v) is 4.34. The number of aliphatic hydroxyl groups is 1. The maximum atomic E-state index is 8.73. The number of hydrogen-bond donors (Lipinski definition) is 1. The molecule has 0 atom stereocenters. The summed E-state index contributed by atoms with van der Waals surface area (Å²) in [5, 5.41) is 8.73. The van der Waals surface area contributed by atoms with Crippen LogP contribution in [0.2, 0.25) is 0 Å². The molecule has 1 aromatic heterocycles. The summed E-state index contributed by atoms with van der Waals surface area (Å²) >= 11 is 0. The Bertz CT molecular complexity index is 365. The van der Waals surface area contributed by atoms with Crippen LogP contribution in [0.15, 0.2) is 18.3 Å². The van der Waals surface area contributed by atoms with Gasteiger partial charge in [-0.2, -0.15) is 0 Å². The number of ether oxygens (including phenoxy) is 2. The lowest BCUT2D eigenvalue weighted by Gasteiger charge is -2.33. The third kappa shape index (κ3) is 3.34. The van der Waals surface area contributed by atoms with Crippen LogP contribution in [0.3, 0.4) is 0 Å². The fourth-order valence-electron chi connectivity index (χ4n) is 2.21. The summed E-state index contributed by atoms with van der Waals surface area (Å²) in [6.45, 7) is 2.46. The molecule has 0 radical (unpaired) electrons. The van der Waals surface area contributed by atoms with Crippen molar-refractivity contribution in [1.82, 2.24) is 4.98 Å². The molecule has 1 aromatic rings. The SMILES string of the molecule is COc1cc(N2CCC(OCCO)CC2)ccn1. The molecule has 0 saturated carbocycles. The molecule has 1 N–H and O–H groups in total. The van der Waals surface area contributed by atoms with Gasteiger partial charge in [-0.1, -0.05) is 0 Å². The van der Waals surface area contributed by atoms with E-state index in [1.165, 1.54) is 0 Å². The van der Waals surface area contributed by atoms with Crippen LogP contribution >= 0.6 is 0 Å².